The minimum absolute atomic E-state index is 0.0294. The van der Waals surface area contributed by atoms with E-state index in [0.717, 1.165) is 96.3 Å². The van der Waals surface area contributed by atoms with Gasteiger partial charge in [0.05, 0.1) is 25.4 Å². The number of allylic oxidation sites excluding steroid dienone is 8. The highest BCUT2D eigenvalue weighted by atomic mass is 16.5. The standard InChI is InChI=1S/C58H107NO5/c1-3-5-7-9-11-13-15-17-19-24-28-32-36-40-44-48-52-58(63)64-53-49-45-41-37-33-29-25-22-20-21-23-27-31-35-39-43-47-51-57(62)59-55(54-60)56(61)50-46-42-38-34-30-26-18-16-14-12-10-8-6-4-2/h13,15,19-20,22,24,29,33,55-56,60-61H,3-12,14,16-18,21,23,25-28,30-32,34-54H2,1-2H3,(H,59,62)/b15-13-,22-20-,24-19-,33-29-. The summed E-state index contributed by atoms with van der Waals surface area (Å²) in [6.45, 7) is 4.88. The molecule has 64 heavy (non-hydrogen) atoms. The molecule has 6 nitrogen and oxygen atoms in total. The van der Waals surface area contributed by atoms with Crippen LogP contribution in [0.5, 0.6) is 0 Å². The Morgan fingerprint density at radius 3 is 1.20 bits per heavy atom. The monoisotopic (exact) mass is 898 g/mol. The molecule has 1 amide bonds. The molecule has 3 N–H and O–H groups in total. The first-order valence-electron chi connectivity index (χ1n) is 27.9. The molecule has 0 aromatic heterocycles. The van der Waals surface area contributed by atoms with Crippen LogP contribution in [-0.4, -0.2) is 47.4 Å². The average Bonchev–Trinajstić information content (AvgIpc) is 3.29. The third-order valence-corrected chi connectivity index (χ3v) is 12.6. The van der Waals surface area contributed by atoms with E-state index >= 15 is 0 Å². The number of amides is 1. The second kappa shape index (κ2) is 53.4. The maximum atomic E-state index is 12.5. The Kier molecular flexibility index (Phi) is 51.6. The third-order valence-electron chi connectivity index (χ3n) is 12.6. The van der Waals surface area contributed by atoms with E-state index in [9.17, 15) is 19.8 Å². The normalized spacial score (nSPS) is 13.0. The number of carbonyl (C=O) groups is 2. The molecule has 0 saturated heterocycles. The van der Waals surface area contributed by atoms with Gasteiger partial charge in [-0.15, -0.1) is 0 Å². The van der Waals surface area contributed by atoms with Gasteiger partial charge in [-0.2, -0.15) is 0 Å². The number of aliphatic hydroxyl groups excluding tert-OH is 2. The highest BCUT2D eigenvalue weighted by molar-refractivity contribution is 5.76. The molecule has 0 aliphatic heterocycles. The second-order valence-electron chi connectivity index (χ2n) is 18.9. The van der Waals surface area contributed by atoms with Gasteiger partial charge in [-0.1, -0.05) is 223 Å². The first-order valence-corrected chi connectivity index (χ1v) is 27.9. The zero-order valence-corrected chi connectivity index (χ0v) is 42.5. The van der Waals surface area contributed by atoms with Gasteiger partial charge in [0.2, 0.25) is 5.91 Å². The van der Waals surface area contributed by atoms with E-state index in [-0.39, 0.29) is 18.5 Å². The van der Waals surface area contributed by atoms with E-state index in [0.29, 0.717) is 25.9 Å². The predicted octanol–water partition coefficient (Wildman–Crippen LogP) is 17.0. The minimum atomic E-state index is -0.675. The number of carbonyl (C=O) groups excluding carboxylic acids is 2. The minimum Gasteiger partial charge on any atom is -0.466 e. The molecule has 0 spiro atoms. The average molecular weight is 898 g/mol. The Labute approximate surface area is 397 Å². The zero-order chi connectivity index (χ0) is 46.5. The fraction of sp³-hybridized carbons (Fsp3) is 0.828. The van der Waals surface area contributed by atoms with Gasteiger partial charge in [-0.05, 0) is 96.3 Å². The number of hydrogen-bond donors (Lipinski definition) is 3. The van der Waals surface area contributed by atoms with Gasteiger partial charge in [-0.3, -0.25) is 9.59 Å². The van der Waals surface area contributed by atoms with Gasteiger partial charge in [0.1, 0.15) is 0 Å². The van der Waals surface area contributed by atoms with Crippen molar-refractivity contribution in [2.45, 2.75) is 296 Å². The highest BCUT2D eigenvalue weighted by Gasteiger charge is 2.20. The fourth-order valence-electron chi connectivity index (χ4n) is 8.29. The van der Waals surface area contributed by atoms with Gasteiger partial charge in [0.25, 0.3) is 0 Å². The van der Waals surface area contributed by atoms with E-state index in [4.69, 9.17) is 4.74 Å². The third kappa shape index (κ3) is 49.3. The van der Waals surface area contributed by atoms with Crippen molar-refractivity contribution in [1.82, 2.24) is 5.32 Å². The molecule has 6 heteroatoms. The van der Waals surface area contributed by atoms with Crippen LogP contribution >= 0.6 is 0 Å². The lowest BCUT2D eigenvalue weighted by Crippen LogP contribution is -2.45. The van der Waals surface area contributed by atoms with Crippen LogP contribution in [0.1, 0.15) is 284 Å². The topological polar surface area (TPSA) is 95.9 Å². The number of esters is 1. The predicted molar refractivity (Wildman–Crippen MR) is 278 cm³/mol. The molecule has 0 aliphatic rings. The smallest absolute Gasteiger partial charge is 0.305 e. The van der Waals surface area contributed by atoms with Crippen LogP contribution in [0.2, 0.25) is 0 Å². The van der Waals surface area contributed by atoms with Crippen LogP contribution in [0, 0.1) is 0 Å². The maximum Gasteiger partial charge on any atom is 0.305 e. The van der Waals surface area contributed by atoms with Crippen LogP contribution in [0.4, 0.5) is 0 Å². The molecule has 0 fully saturated rings. The molecule has 0 heterocycles. The quantitative estimate of drug-likeness (QED) is 0.0321. The summed E-state index contributed by atoms with van der Waals surface area (Å²) < 4.78 is 5.45. The number of nitrogens with one attached hydrogen (secondary N) is 1. The van der Waals surface area contributed by atoms with Crippen LogP contribution in [0.15, 0.2) is 48.6 Å². The Morgan fingerprint density at radius 1 is 0.438 bits per heavy atom. The summed E-state index contributed by atoms with van der Waals surface area (Å²) in [6.07, 6.45) is 66.6. The molecule has 0 aromatic carbocycles. The van der Waals surface area contributed by atoms with Gasteiger partial charge in [-0.25, -0.2) is 0 Å². The highest BCUT2D eigenvalue weighted by Crippen LogP contribution is 2.16. The lowest BCUT2D eigenvalue weighted by atomic mass is 10.0. The summed E-state index contributed by atoms with van der Waals surface area (Å²) in [6, 6.07) is -0.554. The Balaban J connectivity index is 3.51. The Hall–Kier alpha value is -2.18. The molecule has 0 bridgehead atoms. The van der Waals surface area contributed by atoms with Gasteiger partial charge in [0, 0.05) is 12.8 Å². The summed E-state index contributed by atoms with van der Waals surface area (Å²) in [5, 5.41) is 23.2. The Bertz CT molecular complexity index is 1080. The molecule has 0 radical (unpaired) electrons. The first kappa shape index (κ1) is 61.8. The summed E-state index contributed by atoms with van der Waals surface area (Å²) in [5.41, 5.74) is 0. The number of aliphatic hydroxyl groups is 2. The molecule has 0 aliphatic carbocycles. The summed E-state index contributed by atoms with van der Waals surface area (Å²) in [7, 11) is 0. The van der Waals surface area contributed by atoms with Crippen molar-refractivity contribution < 1.29 is 24.5 Å². The number of hydrogen-bond acceptors (Lipinski definition) is 5. The van der Waals surface area contributed by atoms with Crippen molar-refractivity contribution in [1.29, 1.82) is 0 Å². The molecule has 374 valence electrons. The summed E-state index contributed by atoms with van der Waals surface area (Å²) in [5.74, 6) is -0.0816. The van der Waals surface area contributed by atoms with Crippen molar-refractivity contribution in [3.05, 3.63) is 48.6 Å². The van der Waals surface area contributed by atoms with Crippen molar-refractivity contribution >= 4 is 11.9 Å². The fourth-order valence-corrected chi connectivity index (χ4v) is 8.29. The number of rotatable bonds is 51. The van der Waals surface area contributed by atoms with E-state index in [1.807, 2.05) is 0 Å². The first-order chi connectivity index (χ1) is 31.5. The van der Waals surface area contributed by atoms with E-state index < -0.39 is 12.1 Å². The van der Waals surface area contributed by atoms with Gasteiger partial charge in [0.15, 0.2) is 0 Å². The number of unbranched alkanes of at least 4 members (excludes halogenated alkanes) is 32. The van der Waals surface area contributed by atoms with Crippen LogP contribution < -0.4 is 5.32 Å². The molecular formula is C58H107NO5. The van der Waals surface area contributed by atoms with Crippen LogP contribution in [0.3, 0.4) is 0 Å². The number of ether oxygens (including phenoxy) is 1. The van der Waals surface area contributed by atoms with Crippen molar-refractivity contribution in [3.63, 3.8) is 0 Å². The second-order valence-corrected chi connectivity index (χ2v) is 18.9. The largest absolute Gasteiger partial charge is 0.466 e. The van der Waals surface area contributed by atoms with Gasteiger partial charge < -0.3 is 20.3 Å². The van der Waals surface area contributed by atoms with E-state index in [1.165, 1.54) is 154 Å². The SMILES string of the molecule is CCCCCC/C=C\C/C=C\CCCCCCCC(=O)OCCCCC/C=C\C/C=C\CCCCCCCCCC(=O)NC(CO)C(O)CCCCCCCCCCCCCCCC. The summed E-state index contributed by atoms with van der Waals surface area (Å²) in [4.78, 5) is 24.5. The van der Waals surface area contributed by atoms with Crippen LogP contribution in [-0.2, 0) is 14.3 Å². The summed E-state index contributed by atoms with van der Waals surface area (Å²) >= 11 is 0. The molecule has 0 aromatic rings. The zero-order valence-electron chi connectivity index (χ0n) is 42.5. The molecule has 2 atom stereocenters. The lowest BCUT2D eigenvalue weighted by Gasteiger charge is -2.22. The maximum absolute atomic E-state index is 12.5. The van der Waals surface area contributed by atoms with Crippen LogP contribution in [0.25, 0.3) is 0 Å². The van der Waals surface area contributed by atoms with Gasteiger partial charge >= 0.3 is 5.97 Å². The molecule has 2 unspecified atom stereocenters. The van der Waals surface area contributed by atoms with E-state index in [2.05, 4.69) is 67.8 Å². The van der Waals surface area contributed by atoms with E-state index in [1.54, 1.807) is 0 Å². The Morgan fingerprint density at radius 2 is 0.781 bits per heavy atom. The van der Waals surface area contributed by atoms with Crippen molar-refractivity contribution in [2.75, 3.05) is 13.2 Å². The van der Waals surface area contributed by atoms with Crippen molar-refractivity contribution in [3.8, 4) is 0 Å². The molecular weight excluding hydrogens is 791 g/mol. The molecule has 0 saturated carbocycles. The van der Waals surface area contributed by atoms with Crippen molar-refractivity contribution in [2.24, 2.45) is 0 Å². The molecule has 0 rings (SSSR count). The lowest BCUT2D eigenvalue weighted by molar-refractivity contribution is -0.143.